The second kappa shape index (κ2) is 4.03. The summed E-state index contributed by atoms with van der Waals surface area (Å²) in [5.74, 6) is -0.260. The number of piperazine rings is 1. The third-order valence-electron chi connectivity index (χ3n) is 3.66. The predicted molar refractivity (Wildman–Crippen MR) is 56.5 cm³/mol. The van der Waals surface area contributed by atoms with Crippen molar-refractivity contribution in [3.05, 3.63) is 0 Å². The van der Waals surface area contributed by atoms with Crippen LogP contribution in [0.3, 0.4) is 0 Å². The van der Waals surface area contributed by atoms with Crippen LogP contribution in [-0.4, -0.2) is 41.5 Å². The molecule has 2 fully saturated rings. The van der Waals surface area contributed by atoms with Crippen LogP contribution in [0.25, 0.3) is 0 Å². The summed E-state index contributed by atoms with van der Waals surface area (Å²) in [6.45, 7) is 1.09. The Bertz CT molecular complexity index is 313. The van der Waals surface area contributed by atoms with Crippen molar-refractivity contribution in [2.24, 2.45) is 0 Å². The first-order chi connectivity index (χ1) is 7.62. The highest BCUT2D eigenvalue weighted by atomic mass is 19.1. The molecule has 1 unspecified atom stereocenters. The van der Waals surface area contributed by atoms with Crippen molar-refractivity contribution >= 4 is 11.8 Å². The van der Waals surface area contributed by atoms with Gasteiger partial charge in [-0.1, -0.05) is 12.8 Å². The zero-order chi connectivity index (χ0) is 11.8. The highest BCUT2D eigenvalue weighted by Gasteiger charge is 2.52. The lowest BCUT2D eigenvalue weighted by Gasteiger charge is -2.45. The number of hydrogen-bond acceptors (Lipinski definition) is 2. The molecular weight excluding hydrogens is 211 g/mol. The molecule has 1 atom stereocenters. The molecule has 0 aromatic rings. The van der Waals surface area contributed by atoms with E-state index in [1.165, 1.54) is 4.90 Å². The zero-order valence-electron chi connectivity index (χ0n) is 9.46. The quantitative estimate of drug-likeness (QED) is 0.753. The molecule has 2 aliphatic rings. The molecule has 1 aliphatic carbocycles. The van der Waals surface area contributed by atoms with Gasteiger partial charge in [-0.05, 0) is 19.8 Å². The van der Waals surface area contributed by atoms with E-state index in [2.05, 4.69) is 5.32 Å². The van der Waals surface area contributed by atoms with Gasteiger partial charge in [0.25, 0.3) is 0 Å². The molecule has 2 rings (SSSR count). The molecular formula is C11H17FN2O2. The molecule has 2 amide bonds. The Kier molecular flexibility index (Phi) is 2.86. The minimum atomic E-state index is -0.754. The first kappa shape index (κ1) is 11.4. The van der Waals surface area contributed by atoms with E-state index in [-0.39, 0.29) is 18.4 Å². The lowest BCUT2D eigenvalue weighted by Crippen LogP contribution is -2.69. The first-order valence-corrected chi connectivity index (χ1v) is 5.80. The van der Waals surface area contributed by atoms with Crippen molar-refractivity contribution < 1.29 is 14.0 Å². The van der Waals surface area contributed by atoms with Gasteiger partial charge in [0.1, 0.15) is 18.3 Å². The fourth-order valence-corrected chi connectivity index (χ4v) is 2.83. The minimum Gasteiger partial charge on any atom is -0.343 e. The summed E-state index contributed by atoms with van der Waals surface area (Å²) in [6, 6.07) is -0.523. The summed E-state index contributed by atoms with van der Waals surface area (Å²) in [4.78, 5) is 25.5. The normalized spacial score (nSPS) is 28.6. The molecule has 4 nitrogen and oxygen atoms in total. The van der Waals surface area contributed by atoms with Crippen LogP contribution in [0.2, 0.25) is 0 Å². The third kappa shape index (κ3) is 1.49. The first-order valence-electron chi connectivity index (χ1n) is 5.80. The fourth-order valence-electron chi connectivity index (χ4n) is 2.83. The van der Waals surface area contributed by atoms with Gasteiger partial charge in [-0.3, -0.25) is 9.59 Å². The lowest BCUT2D eigenvalue weighted by molar-refractivity contribution is -0.157. The molecule has 0 radical (unpaired) electrons. The van der Waals surface area contributed by atoms with E-state index in [1.807, 2.05) is 0 Å². The van der Waals surface area contributed by atoms with Crippen molar-refractivity contribution in [3.63, 3.8) is 0 Å². The van der Waals surface area contributed by atoms with Gasteiger partial charge in [-0.25, -0.2) is 4.39 Å². The van der Waals surface area contributed by atoms with Gasteiger partial charge in [0.05, 0.1) is 6.54 Å². The molecule has 0 aromatic carbocycles. The minimum absolute atomic E-state index is 0.0383. The molecule has 1 N–H and O–H groups in total. The van der Waals surface area contributed by atoms with Gasteiger partial charge in [-0.2, -0.15) is 0 Å². The number of rotatable bonds is 2. The Labute approximate surface area is 94.2 Å². The highest BCUT2D eigenvalue weighted by Crippen LogP contribution is 2.37. The average molecular weight is 228 g/mol. The van der Waals surface area contributed by atoms with Crippen LogP contribution in [0, 0.1) is 0 Å². The summed E-state index contributed by atoms with van der Waals surface area (Å²) in [6.07, 6.45) is 3.18. The smallest absolute Gasteiger partial charge is 0.246 e. The zero-order valence-corrected chi connectivity index (χ0v) is 9.46. The molecule has 1 saturated heterocycles. The number of alkyl halides is 1. The summed E-state index contributed by atoms with van der Waals surface area (Å²) >= 11 is 0. The largest absolute Gasteiger partial charge is 0.343 e. The van der Waals surface area contributed by atoms with E-state index in [1.54, 1.807) is 6.92 Å². The Morgan fingerprint density at radius 1 is 1.44 bits per heavy atom. The molecule has 1 spiro atoms. The Hall–Kier alpha value is -1.13. The van der Waals surface area contributed by atoms with Crippen LogP contribution in [0.1, 0.15) is 32.6 Å². The van der Waals surface area contributed by atoms with E-state index in [0.717, 1.165) is 12.8 Å². The van der Waals surface area contributed by atoms with Gasteiger partial charge in [0, 0.05) is 0 Å². The standard InChI is InChI=1S/C11H17FN2O2/c1-8-9(15)14(7-6-12)11(10(16)13-8)4-2-3-5-11/h8H,2-7H2,1H3,(H,13,16). The van der Waals surface area contributed by atoms with E-state index in [0.29, 0.717) is 12.8 Å². The van der Waals surface area contributed by atoms with Gasteiger partial charge in [-0.15, -0.1) is 0 Å². The van der Waals surface area contributed by atoms with Crippen LogP contribution >= 0.6 is 0 Å². The lowest BCUT2D eigenvalue weighted by atomic mass is 9.90. The number of amides is 2. The Morgan fingerprint density at radius 3 is 2.62 bits per heavy atom. The number of nitrogens with one attached hydrogen (secondary N) is 1. The maximum atomic E-state index is 12.5. The molecule has 16 heavy (non-hydrogen) atoms. The third-order valence-corrected chi connectivity index (χ3v) is 3.66. The summed E-state index contributed by atoms with van der Waals surface area (Å²) in [5, 5.41) is 2.70. The summed E-state index contributed by atoms with van der Waals surface area (Å²) < 4.78 is 12.5. The number of nitrogens with zero attached hydrogens (tertiary/aromatic N) is 1. The Balaban J connectivity index is 2.31. The molecule has 90 valence electrons. The number of halogens is 1. The second-order valence-corrected chi connectivity index (χ2v) is 4.61. The van der Waals surface area contributed by atoms with Gasteiger partial charge in [0.15, 0.2) is 0 Å². The molecule has 5 heteroatoms. The van der Waals surface area contributed by atoms with Gasteiger partial charge in [0.2, 0.25) is 11.8 Å². The maximum Gasteiger partial charge on any atom is 0.246 e. The van der Waals surface area contributed by atoms with Gasteiger partial charge < -0.3 is 10.2 Å². The van der Waals surface area contributed by atoms with Crippen LogP contribution < -0.4 is 5.32 Å². The van der Waals surface area contributed by atoms with Crippen molar-refractivity contribution in [2.75, 3.05) is 13.2 Å². The predicted octanol–water partition coefficient (Wildman–Crippen LogP) is 0.616. The van der Waals surface area contributed by atoms with Crippen LogP contribution in [0.5, 0.6) is 0 Å². The van der Waals surface area contributed by atoms with Crippen LogP contribution in [0.15, 0.2) is 0 Å². The van der Waals surface area contributed by atoms with Crippen LogP contribution in [0.4, 0.5) is 4.39 Å². The number of hydrogen-bond donors (Lipinski definition) is 1. The van der Waals surface area contributed by atoms with Crippen molar-refractivity contribution in [3.8, 4) is 0 Å². The number of carbonyl (C=O) groups is 2. The van der Waals surface area contributed by atoms with E-state index in [9.17, 15) is 14.0 Å². The molecule has 1 aliphatic heterocycles. The van der Waals surface area contributed by atoms with E-state index in [4.69, 9.17) is 0 Å². The van der Waals surface area contributed by atoms with Crippen molar-refractivity contribution in [1.82, 2.24) is 10.2 Å². The second-order valence-electron chi connectivity index (χ2n) is 4.61. The molecule has 0 aromatic heterocycles. The van der Waals surface area contributed by atoms with Crippen LogP contribution in [-0.2, 0) is 9.59 Å². The SMILES string of the molecule is CC1NC(=O)C2(CCCC2)N(CCF)C1=O. The monoisotopic (exact) mass is 228 g/mol. The summed E-state index contributed by atoms with van der Waals surface area (Å²) in [5.41, 5.74) is -0.754. The van der Waals surface area contributed by atoms with Crippen molar-refractivity contribution in [1.29, 1.82) is 0 Å². The highest BCUT2D eigenvalue weighted by molar-refractivity contribution is 5.99. The van der Waals surface area contributed by atoms with Gasteiger partial charge >= 0.3 is 0 Å². The topological polar surface area (TPSA) is 49.4 Å². The fraction of sp³-hybridized carbons (Fsp3) is 0.818. The molecule has 1 saturated carbocycles. The molecule has 1 heterocycles. The number of carbonyl (C=O) groups excluding carboxylic acids is 2. The average Bonchev–Trinajstić information content (AvgIpc) is 2.73. The summed E-state index contributed by atoms with van der Waals surface area (Å²) in [7, 11) is 0. The van der Waals surface area contributed by atoms with E-state index >= 15 is 0 Å². The van der Waals surface area contributed by atoms with E-state index < -0.39 is 18.3 Å². The molecule has 0 bridgehead atoms. The maximum absolute atomic E-state index is 12.5. The van der Waals surface area contributed by atoms with Crippen molar-refractivity contribution in [2.45, 2.75) is 44.2 Å². The Morgan fingerprint density at radius 2 is 2.06 bits per heavy atom.